The molecule has 2 aromatic carbocycles. The van der Waals surface area contributed by atoms with Crippen molar-refractivity contribution >= 4 is 12.4 Å². The normalized spacial score (nSPS) is 11.6. The van der Waals surface area contributed by atoms with Gasteiger partial charge in [-0.3, -0.25) is 0 Å². The second kappa shape index (κ2) is 8.73. The largest absolute Gasteiger partial charge is 0.319 e. The van der Waals surface area contributed by atoms with Crippen molar-refractivity contribution in [1.82, 2.24) is 5.32 Å². The average molecular weight is 276 g/mol. The van der Waals surface area contributed by atoms with Crippen molar-refractivity contribution in [2.24, 2.45) is 0 Å². The van der Waals surface area contributed by atoms with Crippen LogP contribution in [0.1, 0.15) is 23.5 Å². The fraction of sp³-hybridized carbons (Fsp3) is 0.294. The molecule has 0 aliphatic rings. The Hall–Kier alpha value is -1.31. The van der Waals surface area contributed by atoms with E-state index in [2.05, 4.69) is 66.0 Å². The van der Waals surface area contributed by atoms with Gasteiger partial charge in [0, 0.05) is 6.54 Å². The van der Waals surface area contributed by atoms with Crippen molar-refractivity contribution in [2.45, 2.75) is 18.8 Å². The molecule has 2 rings (SSSR count). The van der Waals surface area contributed by atoms with E-state index in [4.69, 9.17) is 0 Å². The summed E-state index contributed by atoms with van der Waals surface area (Å²) in [6, 6.07) is 21.5. The van der Waals surface area contributed by atoms with Crippen molar-refractivity contribution in [3.8, 4) is 0 Å². The maximum absolute atomic E-state index is 3.30. The maximum Gasteiger partial charge on any atom is 0.00172 e. The Kier molecular flexibility index (Phi) is 7.24. The SMILES string of the molecule is CNCC(CCc1ccccc1)c1ccccc1.Cl. The molecule has 1 N–H and O–H groups in total. The number of likely N-dealkylation sites (N-methyl/N-ethyl adjacent to an activating group) is 1. The van der Waals surface area contributed by atoms with Gasteiger partial charge in [0.05, 0.1) is 0 Å². The van der Waals surface area contributed by atoms with E-state index in [1.165, 1.54) is 17.5 Å². The molecular weight excluding hydrogens is 254 g/mol. The highest BCUT2D eigenvalue weighted by molar-refractivity contribution is 5.85. The Morgan fingerprint density at radius 3 is 2.05 bits per heavy atom. The van der Waals surface area contributed by atoms with Gasteiger partial charge in [0.2, 0.25) is 0 Å². The van der Waals surface area contributed by atoms with E-state index in [9.17, 15) is 0 Å². The third-order valence-electron chi connectivity index (χ3n) is 3.35. The molecule has 0 aliphatic heterocycles. The van der Waals surface area contributed by atoms with Crippen molar-refractivity contribution in [3.63, 3.8) is 0 Å². The minimum absolute atomic E-state index is 0. The zero-order valence-corrected chi connectivity index (χ0v) is 12.2. The molecule has 0 spiro atoms. The monoisotopic (exact) mass is 275 g/mol. The lowest BCUT2D eigenvalue weighted by atomic mass is 9.92. The van der Waals surface area contributed by atoms with Crippen molar-refractivity contribution in [1.29, 1.82) is 0 Å². The molecule has 0 heterocycles. The van der Waals surface area contributed by atoms with Crippen LogP contribution in [0.25, 0.3) is 0 Å². The summed E-state index contributed by atoms with van der Waals surface area (Å²) in [5, 5.41) is 3.30. The molecule has 0 aliphatic carbocycles. The van der Waals surface area contributed by atoms with E-state index in [1.54, 1.807) is 0 Å². The van der Waals surface area contributed by atoms with Gasteiger partial charge in [-0.25, -0.2) is 0 Å². The molecule has 0 aromatic heterocycles. The third-order valence-corrected chi connectivity index (χ3v) is 3.35. The van der Waals surface area contributed by atoms with Crippen LogP contribution in [-0.2, 0) is 6.42 Å². The van der Waals surface area contributed by atoms with Crippen molar-refractivity contribution in [2.75, 3.05) is 13.6 Å². The molecule has 102 valence electrons. The summed E-state index contributed by atoms with van der Waals surface area (Å²) in [6.07, 6.45) is 2.33. The fourth-order valence-electron chi connectivity index (χ4n) is 2.34. The van der Waals surface area contributed by atoms with Crippen LogP contribution in [-0.4, -0.2) is 13.6 Å². The van der Waals surface area contributed by atoms with Crippen LogP contribution in [0, 0.1) is 0 Å². The van der Waals surface area contributed by atoms with E-state index < -0.39 is 0 Å². The molecule has 1 nitrogen and oxygen atoms in total. The molecule has 0 saturated carbocycles. The lowest BCUT2D eigenvalue weighted by Gasteiger charge is -2.17. The van der Waals surface area contributed by atoms with Gasteiger partial charge in [0.15, 0.2) is 0 Å². The van der Waals surface area contributed by atoms with Gasteiger partial charge in [-0.05, 0) is 36.9 Å². The highest BCUT2D eigenvalue weighted by Gasteiger charge is 2.10. The van der Waals surface area contributed by atoms with E-state index in [-0.39, 0.29) is 12.4 Å². The average Bonchev–Trinajstić information content (AvgIpc) is 2.45. The number of hydrogen-bond donors (Lipinski definition) is 1. The Morgan fingerprint density at radius 2 is 1.47 bits per heavy atom. The van der Waals surface area contributed by atoms with Crippen molar-refractivity contribution in [3.05, 3.63) is 71.8 Å². The van der Waals surface area contributed by atoms with Gasteiger partial charge < -0.3 is 5.32 Å². The van der Waals surface area contributed by atoms with Crippen LogP contribution < -0.4 is 5.32 Å². The maximum atomic E-state index is 3.30. The summed E-state index contributed by atoms with van der Waals surface area (Å²) < 4.78 is 0. The summed E-state index contributed by atoms with van der Waals surface area (Å²) in [4.78, 5) is 0. The highest BCUT2D eigenvalue weighted by atomic mass is 35.5. The standard InChI is InChI=1S/C17H21N.ClH/c1-18-14-17(16-10-6-3-7-11-16)13-12-15-8-4-2-5-9-15;/h2-11,17-18H,12-14H2,1H3;1H. The molecule has 2 heteroatoms. The van der Waals surface area contributed by atoms with Gasteiger partial charge >= 0.3 is 0 Å². The molecule has 1 unspecified atom stereocenters. The Morgan fingerprint density at radius 1 is 0.895 bits per heavy atom. The second-order valence-electron chi connectivity index (χ2n) is 4.69. The van der Waals surface area contributed by atoms with E-state index in [0.29, 0.717) is 5.92 Å². The number of nitrogens with one attached hydrogen (secondary N) is 1. The van der Waals surface area contributed by atoms with Gasteiger partial charge in [0.1, 0.15) is 0 Å². The van der Waals surface area contributed by atoms with Crippen LogP contribution in [0.2, 0.25) is 0 Å². The molecule has 0 saturated heterocycles. The third kappa shape index (κ3) is 5.06. The van der Waals surface area contributed by atoms with Crippen LogP contribution in [0.3, 0.4) is 0 Å². The molecule has 0 bridgehead atoms. The highest BCUT2D eigenvalue weighted by Crippen LogP contribution is 2.20. The minimum atomic E-state index is 0. The lowest BCUT2D eigenvalue weighted by molar-refractivity contribution is 0.584. The molecule has 19 heavy (non-hydrogen) atoms. The Balaban J connectivity index is 0.00000180. The van der Waals surface area contributed by atoms with Gasteiger partial charge in [-0.1, -0.05) is 60.7 Å². The van der Waals surface area contributed by atoms with E-state index in [1.807, 2.05) is 7.05 Å². The first-order chi connectivity index (χ1) is 8.90. The van der Waals surface area contributed by atoms with E-state index >= 15 is 0 Å². The topological polar surface area (TPSA) is 12.0 Å². The van der Waals surface area contributed by atoms with Gasteiger partial charge in [-0.15, -0.1) is 12.4 Å². The molecular formula is C17H22ClN. The minimum Gasteiger partial charge on any atom is -0.319 e. The smallest absolute Gasteiger partial charge is 0.00172 e. The van der Waals surface area contributed by atoms with Crippen LogP contribution in [0.15, 0.2) is 60.7 Å². The molecule has 0 fully saturated rings. The quantitative estimate of drug-likeness (QED) is 0.839. The van der Waals surface area contributed by atoms with Gasteiger partial charge in [0.25, 0.3) is 0 Å². The first-order valence-corrected chi connectivity index (χ1v) is 6.63. The van der Waals surface area contributed by atoms with Crippen LogP contribution >= 0.6 is 12.4 Å². The van der Waals surface area contributed by atoms with Crippen LogP contribution in [0.4, 0.5) is 0 Å². The molecule has 1 atom stereocenters. The number of rotatable bonds is 6. The molecule has 2 aromatic rings. The number of aryl methyl sites for hydroxylation is 1. The lowest BCUT2D eigenvalue weighted by Crippen LogP contribution is -2.17. The Bertz CT molecular complexity index is 441. The Labute approximate surface area is 122 Å². The summed E-state index contributed by atoms with van der Waals surface area (Å²) >= 11 is 0. The number of benzene rings is 2. The van der Waals surface area contributed by atoms with Crippen molar-refractivity contribution < 1.29 is 0 Å². The first kappa shape index (κ1) is 15.7. The zero-order valence-electron chi connectivity index (χ0n) is 11.4. The predicted octanol–water partition coefficient (Wildman–Crippen LogP) is 4.04. The zero-order chi connectivity index (χ0) is 12.6. The van der Waals surface area contributed by atoms with Gasteiger partial charge in [-0.2, -0.15) is 0 Å². The fourth-order valence-corrected chi connectivity index (χ4v) is 2.34. The molecule has 0 radical (unpaired) electrons. The summed E-state index contributed by atoms with van der Waals surface area (Å²) in [6.45, 7) is 1.04. The summed E-state index contributed by atoms with van der Waals surface area (Å²) in [5.74, 6) is 0.594. The number of halogens is 1. The van der Waals surface area contributed by atoms with E-state index in [0.717, 1.165) is 13.0 Å². The summed E-state index contributed by atoms with van der Waals surface area (Å²) in [5.41, 5.74) is 2.86. The van der Waals surface area contributed by atoms with Crippen LogP contribution in [0.5, 0.6) is 0 Å². The predicted molar refractivity (Wildman–Crippen MR) is 85.1 cm³/mol. The second-order valence-corrected chi connectivity index (χ2v) is 4.69. The summed E-state index contributed by atoms with van der Waals surface area (Å²) in [7, 11) is 2.03. The first-order valence-electron chi connectivity index (χ1n) is 6.63. The molecule has 0 amide bonds. The number of hydrogen-bond acceptors (Lipinski definition) is 1.